The minimum Gasteiger partial charge on any atom is -0.493 e. The normalized spacial score (nSPS) is 10.7. The van der Waals surface area contributed by atoms with Crippen LogP contribution in [0.1, 0.15) is 29.3 Å². The maximum atomic E-state index is 13.4. The van der Waals surface area contributed by atoms with Gasteiger partial charge in [-0.3, -0.25) is 9.78 Å². The molecular formula is C28H29N3O3S. The molecule has 2 aromatic heterocycles. The van der Waals surface area contributed by atoms with E-state index >= 15 is 0 Å². The third kappa shape index (κ3) is 6.25. The summed E-state index contributed by atoms with van der Waals surface area (Å²) in [5.74, 6) is 1.34. The number of benzene rings is 2. The lowest BCUT2D eigenvalue weighted by atomic mass is 10.1. The van der Waals surface area contributed by atoms with Crippen molar-refractivity contribution in [1.29, 1.82) is 0 Å². The fourth-order valence-electron chi connectivity index (χ4n) is 3.80. The minimum absolute atomic E-state index is 0.0255. The van der Waals surface area contributed by atoms with Crippen LogP contribution in [0.4, 0.5) is 0 Å². The Bertz CT molecular complexity index is 1260. The van der Waals surface area contributed by atoms with Crippen LogP contribution < -0.4 is 9.47 Å². The van der Waals surface area contributed by atoms with Gasteiger partial charge < -0.3 is 14.4 Å². The van der Waals surface area contributed by atoms with Crippen molar-refractivity contribution < 1.29 is 14.3 Å². The molecule has 4 aromatic rings. The molecule has 0 saturated carbocycles. The highest BCUT2D eigenvalue weighted by Gasteiger charge is 2.18. The van der Waals surface area contributed by atoms with Crippen molar-refractivity contribution in [3.8, 4) is 22.1 Å². The first kappa shape index (κ1) is 24.4. The molecule has 0 saturated heterocycles. The SMILES string of the molecule is CCc1ccc(CN(Cc2cccnc2)C(=O)Cc2csc(-c3ccc(OC)c(OC)c3)n2)cc1. The largest absolute Gasteiger partial charge is 0.493 e. The molecule has 2 heterocycles. The molecular weight excluding hydrogens is 458 g/mol. The fraction of sp³-hybridized carbons (Fsp3) is 0.250. The molecule has 2 aromatic carbocycles. The Hall–Kier alpha value is -3.71. The zero-order valence-corrected chi connectivity index (χ0v) is 21.0. The van der Waals surface area contributed by atoms with E-state index in [1.54, 1.807) is 26.6 Å². The maximum Gasteiger partial charge on any atom is 0.229 e. The summed E-state index contributed by atoms with van der Waals surface area (Å²) in [5, 5.41) is 2.78. The highest BCUT2D eigenvalue weighted by molar-refractivity contribution is 7.13. The number of rotatable bonds is 10. The Morgan fingerprint density at radius 2 is 1.69 bits per heavy atom. The molecule has 0 N–H and O–H groups in total. The van der Waals surface area contributed by atoms with Gasteiger partial charge in [0.1, 0.15) is 5.01 Å². The highest BCUT2D eigenvalue weighted by atomic mass is 32.1. The Kier molecular flexibility index (Phi) is 8.11. The van der Waals surface area contributed by atoms with Gasteiger partial charge in [0.25, 0.3) is 0 Å². The van der Waals surface area contributed by atoms with Crippen molar-refractivity contribution in [3.63, 3.8) is 0 Å². The first-order chi connectivity index (χ1) is 17.1. The number of hydrogen-bond acceptors (Lipinski definition) is 6. The quantitative estimate of drug-likeness (QED) is 0.293. The molecule has 35 heavy (non-hydrogen) atoms. The number of amides is 1. The summed E-state index contributed by atoms with van der Waals surface area (Å²) in [6.07, 6.45) is 4.77. The first-order valence-corrected chi connectivity index (χ1v) is 12.4. The molecule has 180 valence electrons. The third-order valence-electron chi connectivity index (χ3n) is 5.77. The van der Waals surface area contributed by atoms with Crippen molar-refractivity contribution >= 4 is 17.2 Å². The molecule has 4 rings (SSSR count). The number of nitrogens with zero attached hydrogens (tertiary/aromatic N) is 3. The predicted molar refractivity (Wildman–Crippen MR) is 139 cm³/mol. The van der Waals surface area contributed by atoms with E-state index < -0.39 is 0 Å². The second-order valence-corrected chi connectivity index (χ2v) is 9.03. The Balaban J connectivity index is 1.51. The van der Waals surface area contributed by atoms with E-state index in [9.17, 15) is 4.79 Å². The van der Waals surface area contributed by atoms with Crippen molar-refractivity contribution in [3.05, 3.63) is 94.8 Å². The molecule has 0 aliphatic heterocycles. The Morgan fingerprint density at radius 1 is 0.943 bits per heavy atom. The Labute approximate surface area is 210 Å². The summed E-state index contributed by atoms with van der Waals surface area (Å²) in [5.41, 5.74) is 5.06. The average molecular weight is 488 g/mol. The highest BCUT2D eigenvalue weighted by Crippen LogP contribution is 2.33. The molecule has 1 amide bonds. The van der Waals surface area contributed by atoms with Crippen LogP contribution in [-0.2, 0) is 30.7 Å². The second-order valence-electron chi connectivity index (χ2n) is 8.17. The minimum atomic E-state index is 0.0255. The molecule has 0 spiro atoms. The smallest absolute Gasteiger partial charge is 0.229 e. The van der Waals surface area contributed by atoms with Gasteiger partial charge in [-0.25, -0.2) is 4.98 Å². The number of carbonyl (C=O) groups is 1. The van der Waals surface area contributed by atoms with Crippen molar-refractivity contribution in [2.45, 2.75) is 32.9 Å². The standard InChI is InChI=1S/C28H29N3O3S/c1-4-20-7-9-21(10-8-20)17-31(18-22-6-5-13-29-16-22)27(32)15-24-19-35-28(30-24)23-11-12-25(33-2)26(14-23)34-3/h5-14,16,19H,4,15,17-18H2,1-3H3. The lowest BCUT2D eigenvalue weighted by molar-refractivity contribution is -0.131. The summed E-state index contributed by atoms with van der Waals surface area (Å²) in [4.78, 5) is 24.2. The van der Waals surface area contributed by atoms with Gasteiger partial charge in [0.15, 0.2) is 11.5 Å². The number of methoxy groups -OCH3 is 2. The molecule has 7 heteroatoms. The van der Waals surface area contributed by atoms with Crippen LogP contribution in [0.3, 0.4) is 0 Å². The predicted octanol–water partition coefficient (Wildman–Crippen LogP) is 5.56. The summed E-state index contributed by atoms with van der Waals surface area (Å²) < 4.78 is 10.7. The van der Waals surface area contributed by atoms with Gasteiger partial charge in [0.2, 0.25) is 5.91 Å². The lowest BCUT2D eigenvalue weighted by Crippen LogP contribution is -2.31. The second kappa shape index (κ2) is 11.6. The summed E-state index contributed by atoms with van der Waals surface area (Å²) in [6, 6.07) is 18.0. The van der Waals surface area contributed by atoms with Gasteiger partial charge in [-0.05, 0) is 47.4 Å². The first-order valence-electron chi connectivity index (χ1n) is 11.5. The van der Waals surface area contributed by atoms with E-state index in [-0.39, 0.29) is 12.3 Å². The number of aryl methyl sites for hydroxylation is 1. The molecule has 0 atom stereocenters. The van der Waals surface area contributed by atoms with Crippen LogP contribution in [0, 0.1) is 0 Å². The van der Waals surface area contributed by atoms with Crippen LogP contribution in [0.15, 0.2) is 72.4 Å². The number of thiazole rings is 1. The lowest BCUT2D eigenvalue weighted by Gasteiger charge is -2.23. The topological polar surface area (TPSA) is 64.6 Å². The molecule has 6 nitrogen and oxygen atoms in total. The van der Waals surface area contributed by atoms with Gasteiger partial charge in [-0.15, -0.1) is 11.3 Å². The van der Waals surface area contributed by atoms with E-state index in [0.717, 1.165) is 33.8 Å². The van der Waals surface area contributed by atoms with Crippen LogP contribution >= 0.6 is 11.3 Å². The zero-order chi connectivity index (χ0) is 24.6. The van der Waals surface area contributed by atoms with Gasteiger partial charge in [-0.2, -0.15) is 0 Å². The fourth-order valence-corrected chi connectivity index (χ4v) is 4.62. The maximum absolute atomic E-state index is 13.4. The van der Waals surface area contributed by atoms with E-state index in [4.69, 9.17) is 14.5 Å². The van der Waals surface area contributed by atoms with E-state index in [1.165, 1.54) is 16.9 Å². The number of ether oxygens (including phenoxy) is 2. The number of pyridine rings is 1. The van der Waals surface area contributed by atoms with Gasteiger partial charge in [0.05, 0.1) is 26.3 Å². The number of carbonyl (C=O) groups excluding carboxylic acids is 1. The molecule has 0 aliphatic carbocycles. The molecule has 0 unspecified atom stereocenters. The van der Waals surface area contributed by atoms with Crippen LogP contribution in [0.2, 0.25) is 0 Å². The number of aromatic nitrogens is 2. The van der Waals surface area contributed by atoms with E-state index in [2.05, 4.69) is 36.2 Å². The molecule has 0 bridgehead atoms. The average Bonchev–Trinajstić information content (AvgIpc) is 3.37. The third-order valence-corrected chi connectivity index (χ3v) is 6.71. The van der Waals surface area contributed by atoms with Crippen LogP contribution in [0.25, 0.3) is 10.6 Å². The number of hydrogen-bond donors (Lipinski definition) is 0. The zero-order valence-electron chi connectivity index (χ0n) is 20.2. The summed E-state index contributed by atoms with van der Waals surface area (Å²) >= 11 is 1.51. The Morgan fingerprint density at radius 3 is 2.37 bits per heavy atom. The van der Waals surface area contributed by atoms with Gasteiger partial charge in [-0.1, -0.05) is 37.3 Å². The van der Waals surface area contributed by atoms with Crippen molar-refractivity contribution in [2.24, 2.45) is 0 Å². The molecule has 0 aliphatic rings. The monoisotopic (exact) mass is 487 g/mol. The molecule has 0 radical (unpaired) electrons. The summed E-state index contributed by atoms with van der Waals surface area (Å²) in [6.45, 7) is 3.16. The van der Waals surface area contributed by atoms with Gasteiger partial charge in [0, 0.05) is 36.4 Å². The van der Waals surface area contributed by atoms with E-state index in [1.807, 2.05) is 40.6 Å². The van der Waals surface area contributed by atoms with Crippen molar-refractivity contribution in [2.75, 3.05) is 14.2 Å². The van der Waals surface area contributed by atoms with Crippen LogP contribution in [0.5, 0.6) is 11.5 Å². The van der Waals surface area contributed by atoms with Crippen LogP contribution in [-0.4, -0.2) is 35.0 Å². The van der Waals surface area contributed by atoms with Gasteiger partial charge >= 0.3 is 0 Å². The molecule has 0 fully saturated rings. The van der Waals surface area contributed by atoms with Crippen molar-refractivity contribution in [1.82, 2.24) is 14.9 Å². The summed E-state index contributed by atoms with van der Waals surface area (Å²) in [7, 11) is 3.22. The van der Waals surface area contributed by atoms with E-state index in [0.29, 0.717) is 24.6 Å².